The van der Waals surface area contributed by atoms with E-state index < -0.39 is 5.97 Å². The number of ether oxygens (including phenoxy) is 1. The molecule has 0 N–H and O–H groups in total. The van der Waals surface area contributed by atoms with Crippen molar-refractivity contribution in [3.8, 4) is 11.3 Å². The molecule has 4 nitrogen and oxygen atoms in total. The van der Waals surface area contributed by atoms with Crippen LogP contribution < -0.4 is 0 Å². The van der Waals surface area contributed by atoms with Crippen molar-refractivity contribution in [2.45, 2.75) is 0 Å². The van der Waals surface area contributed by atoms with Crippen molar-refractivity contribution in [1.82, 2.24) is 4.98 Å². The average Bonchev–Trinajstić information content (AvgIpc) is 2.78. The Hall–Kier alpha value is -3.21. The minimum Gasteiger partial charge on any atom is -0.454 e. The summed E-state index contributed by atoms with van der Waals surface area (Å²) >= 11 is 12.2. The van der Waals surface area contributed by atoms with Crippen LogP contribution in [0.5, 0.6) is 0 Å². The van der Waals surface area contributed by atoms with E-state index in [1.807, 2.05) is 30.3 Å². The molecular formula is C24H15Cl2NO3. The van der Waals surface area contributed by atoms with E-state index in [1.165, 1.54) is 0 Å². The molecule has 3 aromatic carbocycles. The van der Waals surface area contributed by atoms with Gasteiger partial charge in [-0.2, -0.15) is 0 Å². The van der Waals surface area contributed by atoms with Gasteiger partial charge in [-0.1, -0.05) is 65.7 Å². The largest absolute Gasteiger partial charge is 0.454 e. The molecule has 0 aliphatic carbocycles. The highest BCUT2D eigenvalue weighted by Crippen LogP contribution is 2.29. The van der Waals surface area contributed by atoms with Crippen LogP contribution in [0.15, 0.2) is 78.9 Å². The van der Waals surface area contributed by atoms with Crippen LogP contribution in [-0.2, 0) is 4.74 Å². The van der Waals surface area contributed by atoms with E-state index in [-0.39, 0.29) is 12.4 Å². The minimum atomic E-state index is -0.621. The van der Waals surface area contributed by atoms with Gasteiger partial charge in [0.05, 0.1) is 21.8 Å². The number of aromatic nitrogens is 1. The van der Waals surface area contributed by atoms with Gasteiger partial charge in [-0.3, -0.25) is 4.79 Å². The van der Waals surface area contributed by atoms with Gasteiger partial charge in [0.1, 0.15) is 0 Å². The van der Waals surface area contributed by atoms with Crippen molar-refractivity contribution in [3.05, 3.63) is 100 Å². The topological polar surface area (TPSA) is 56.3 Å². The first kappa shape index (κ1) is 20.1. The average molecular weight is 436 g/mol. The minimum absolute atomic E-state index is 0.297. The number of nitrogens with zero attached hydrogens (tertiary/aromatic N) is 1. The van der Waals surface area contributed by atoms with Gasteiger partial charge in [-0.15, -0.1) is 0 Å². The van der Waals surface area contributed by atoms with Gasteiger partial charge in [0.15, 0.2) is 12.4 Å². The van der Waals surface area contributed by atoms with Crippen LogP contribution in [0.25, 0.3) is 22.2 Å². The Labute approximate surface area is 183 Å². The van der Waals surface area contributed by atoms with Crippen LogP contribution in [0.2, 0.25) is 10.0 Å². The summed E-state index contributed by atoms with van der Waals surface area (Å²) in [6, 6.07) is 22.7. The van der Waals surface area contributed by atoms with Crippen LogP contribution >= 0.6 is 23.2 Å². The molecule has 0 radical (unpaired) electrons. The Morgan fingerprint density at radius 3 is 2.33 bits per heavy atom. The highest BCUT2D eigenvalue weighted by molar-refractivity contribution is 6.35. The van der Waals surface area contributed by atoms with Crippen molar-refractivity contribution in [2.24, 2.45) is 0 Å². The number of hydrogen-bond donors (Lipinski definition) is 0. The molecule has 0 fully saturated rings. The second kappa shape index (κ2) is 8.66. The molecule has 4 rings (SSSR count). The number of carbonyl (C=O) groups excluding carboxylic acids is 2. The Bertz CT molecular complexity index is 1240. The number of Topliss-reactive ketones (excluding diaryl/α,β-unsaturated/α-hetero) is 1. The summed E-state index contributed by atoms with van der Waals surface area (Å²) in [6.45, 7) is -0.383. The van der Waals surface area contributed by atoms with E-state index in [0.717, 1.165) is 5.56 Å². The fourth-order valence-corrected chi connectivity index (χ4v) is 3.41. The number of rotatable bonds is 5. The second-order valence-electron chi connectivity index (χ2n) is 6.56. The molecular weight excluding hydrogens is 421 g/mol. The highest BCUT2D eigenvalue weighted by atomic mass is 35.5. The van der Waals surface area contributed by atoms with Crippen LogP contribution in [0, 0.1) is 0 Å². The van der Waals surface area contributed by atoms with Crippen LogP contribution in [-0.4, -0.2) is 23.3 Å². The smallest absolute Gasteiger partial charge is 0.339 e. The number of benzene rings is 3. The van der Waals surface area contributed by atoms with Gasteiger partial charge in [-0.05, 0) is 36.4 Å². The summed E-state index contributed by atoms with van der Waals surface area (Å²) in [6.07, 6.45) is 0. The van der Waals surface area contributed by atoms with Crippen molar-refractivity contribution >= 4 is 45.9 Å². The van der Waals surface area contributed by atoms with Gasteiger partial charge in [-0.25, -0.2) is 9.78 Å². The van der Waals surface area contributed by atoms with Crippen LogP contribution in [0.1, 0.15) is 20.7 Å². The third-order valence-corrected chi connectivity index (χ3v) is 5.14. The number of fused-ring (bicyclic) bond motifs is 1. The fourth-order valence-electron chi connectivity index (χ4n) is 3.07. The molecule has 0 atom stereocenters. The maximum atomic E-state index is 12.9. The number of ketones is 1. The predicted octanol–water partition coefficient (Wildman–Crippen LogP) is 6.25. The number of esters is 1. The van der Waals surface area contributed by atoms with Crippen molar-refractivity contribution in [2.75, 3.05) is 6.61 Å². The molecule has 0 bridgehead atoms. The van der Waals surface area contributed by atoms with E-state index in [9.17, 15) is 9.59 Å². The Balaban J connectivity index is 1.66. The highest BCUT2D eigenvalue weighted by Gasteiger charge is 2.18. The summed E-state index contributed by atoms with van der Waals surface area (Å²) in [4.78, 5) is 29.8. The molecule has 0 spiro atoms. The van der Waals surface area contributed by atoms with Gasteiger partial charge >= 0.3 is 5.97 Å². The zero-order chi connectivity index (χ0) is 21.1. The number of pyridine rings is 1. The molecule has 0 aliphatic heterocycles. The monoisotopic (exact) mass is 435 g/mol. The number of para-hydroxylation sites is 1. The predicted molar refractivity (Wildman–Crippen MR) is 118 cm³/mol. The quantitative estimate of drug-likeness (QED) is 0.274. The standard InChI is InChI=1S/C24H15Cl2NO3/c25-17-11-9-16(10-12-17)22(28)14-30-24(29)19-13-21(15-5-2-1-3-6-15)27-23-18(19)7-4-8-20(23)26/h1-13H,14H2. The summed E-state index contributed by atoms with van der Waals surface area (Å²) in [5.41, 5.74) is 2.64. The zero-order valence-electron chi connectivity index (χ0n) is 15.6. The molecule has 0 amide bonds. The van der Waals surface area contributed by atoms with Crippen molar-refractivity contribution < 1.29 is 14.3 Å². The third kappa shape index (κ3) is 4.20. The zero-order valence-corrected chi connectivity index (χ0v) is 17.2. The van der Waals surface area contributed by atoms with E-state index >= 15 is 0 Å². The second-order valence-corrected chi connectivity index (χ2v) is 7.41. The first-order valence-corrected chi connectivity index (χ1v) is 9.89. The van der Waals surface area contributed by atoms with Gasteiger partial charge in [0.25, 0.3) is 0 Å². The molecule has 1 aromatic heterocycles. The lowest BCUT2D eigenvalue weighted by Crippen LogP contribution is -2.15. The Morgan fingerprint density at radius 1 is 0.867 bits per heavy atom. The van der Waals surface area contributed by atoms with Gasteiger partial charge in [0, 0.05) is 21.5 Å². The molecule has 0 unspecified atom stereocenters. The Kier molecular flexibility index (Phi) is 5.79. The number of hydrogen-bond acceptors (Lipinski definition) is 4. The Morgan fingerprint density at radius 2 is 1.60 bits per heavy atom. The van der Waals surface area contributed by atoms with E-state index in [4.69, 9.17) is 27.9 Å². The first-order valence-electron chi connectivity index (χ1n) is 9.13. The molecule has 4 aromatic rings. The maximum Gasteiger partial charge on any atom is 0.339 e. The molecule has 0 saturated heterocycles. The number of carbonyl (C=O) groups is 2. The fraction of sp³-hybridized carbons (Fsp3) is 0.0417. The first-order chi connectivity index (χ1) is 14.5. The lowest BCUT2D eigenvalue weighted by atomic mass is 10.0. The van der Waals surface area contributed by atoms with E-state index in [0.29, 0.717) is 37.8 Å². The molecule has 30 heavy (non-hydrogen) atoms. The molecule has 0 saturated carbocycles. The maximum absolute atomic E-state index is 12.9. The van der Waals surface area contributed by atoms with E-state index in [2.05, 4.69) is 4.98 Å². The van der Waals surface area contributed by atoms with Crippen molar-refractivity contribution in [3.63, 3.8) is 0 Å². The summed E-state index contributed by atoms with van der Waals surface area (Å²) in [5.74, 6) is -0.941. The van der Waals surface area contributed by atoms with Gasteiger partial charge in [0.2, 0.25) is 0 Å². The lowest BCUT2D eigenvalue weighted by Gasteiger charge is -2.11. The molecule has 0 aliphatic rings. The summed E-state index contributed by atoms with van der Waals surface area (Å²) < 4.78 is 5.32. The molecule has 148 valence electrons. The summed E-state index contributed by atoms with van der Waals surface area (Å²) in [5, 5.41) is 1.51. The molecule has 6 heteroatoms. The van der Waals surface area contributed by atoms with Crippen LogP contribution in [0.4, 0.5) is 0 Å². The third-order valence-electron chi connectivity index (χ3n) is 4.58. The number of halogens is 2. The molecule has 1 heterocycles. The van der Waals surface area contributed by atoms with E-state index in [1.54, 1.807) is 48.5 Å². The summed E-state index contributed by atoms with van der Waals surface area (Å²) in [7, 11) is 0. The van der Waals surface area contributed by atoms with Gasteiger partial charge < -0.3 is 4.74 Å². The lowest BCUT2D eigenvalue weighted by molar-refractivity contribution is 0.0476. The SMILES string of the molecule is O=C(COC(=O)c1cc(-c2ccccc2)nc2c(Cl)cccc12)c1ccc(Cl)cc1. The normalized spacial score (nSPS) is 10.7. The van der Waals surface area contributed by atoms with Crippen LogP contribution in [0.3, 0.4) is 0 Å². The van der Waals surface area contributed by atoms with Crippen molar-refractivity contribution in [1.29, 1.82) is 0 Å².